The highest BCUT2D eigenvalue weighted by Crippen LogP contribution is 2.31. The van der Waals surface area contributed by atoms with Gasteiger partial charge in [0.25, 0.3) is 0 Å². The van der Waals surface area contributed by atoms with Crippen LogP contribution in [0.1, 0.15) is 40.0 Å². The lowest BCUT2D eigenvalue weighted by molar-refractivity contribution is 0.134. The number of rotatable bonds is 3. The molecule has 2 unspecified atom stereocenters. The summed E-state index contributed by atoms with van der Waals surface area (Å²) in [7, 11) is 0. The molecule has 3 heteroatoms. The number of hydrogen-bond acceptors (Lipinski definition) is 1. The lowest BCUT2D eigenvalue weighted by Gasteiger charge is -2.42. The van der Waals surface area contributed by atoms with E-state index in [1.54, 1.807) is 0 Å². The molecule has 0 amide bonds. The van der Waals surface area contributed by atoms with Crippen LogP contribution in [0.4, 0.5) is 0 Å². The van der Waals surface area contributed by atoms with Crippen molar-refractivity contribution in [1.29, 1.82) is 0 Å². The minimum Gasteiger partial charge on any atom is -0.295 e. The van der Waals surface area contributed by atoms with E-state index in [1.807, 2.05) is 0 Å². The maximum atomic E-state index is 6.37. The molecule has 0 saturated heterocycles. The Morgan fingerprint density at radius 2 is 1.71 bits per heavy atom. The van der Waals surface area contributed by atoms with Crippen molar-refractivity contribution >= 4 is 23.2 Å². The summed E-state index contributed by atoms with van der Waals surface area (Å²) in [6.07, 6.45) is 3.39. The zero-order chi connectivity index (χ0) is 10.7. The molecule has 0 aromatic heterocycles. The summed E-state index contributed by atoms with van der Waals surface area (Å²) in [4.78, 5) is 2.43. The zero-order valence-electron chi connectivity index (χ0n) is 9.34. The third-order valence-electron chi connectivity index (χ3n) is 3.11. The molecule has 0 aromatic carbocycles. The lowest BCUT2D eigenvalue weighted by Crippen LogP contribution is -2.52. The highest BCUT2D eigenvalue weighted by molar-refractivity contribution is 6.24. The van der Waals surface area contributed by atoms with Crippen LogP contribution in [0.3, 0.4) is 0 Å². The van der Waals surface area contributed by atoms with Gasteiger partial charge in [0.05, 0.1) is 10.8 Å². The summed E-state index contributed by atoms with van der Waals surface area (Å²) >= 11 is 12.7. The maximum absolute atomic E-state index is 6.37. The van der Waals surface area contributed by atoms with Crippen molar-refractivity contribution in [2.24, 2.45) is 0 Å². The molecule has 0 aromatic rings. The standard InChI is InChI=1S/C11H21Cl2N/c1-4-14(8(2)3)11-9(12)6-5-7-10(11)13/h8-11H,4-7H2,1-3H3/t9-,10?,11?/m1/s1. The van der Waals surface area contributed by atoms with E-state index in [1.165, 1.54) is 6.42 Å². The van der Waals surface area contributed by atoms with Crippen LogP contribution in [-0.2, 0) is 0 Å². The first-order valence-electron chi connectivity index (χ1n) is 5.61. The molecule has 0 bridgehead atoms. The number of alkyl halides is 2. The van der Waals surface area contributed by atoms with E-state index >= 15 is 0 Å². The number of nitrogens with zero attached hydrogens (tertiary/aromatic N) is 1. The Hall–Kier alpha value is 0.540. The van der Waals surface area contributed by atoms with Crippen LogP contribution in [0.25, 0.3) is 0 Å². The Labute approximate surface area is 97.7 Å². The van der Waals surface area contributed by atoms with Crippen molar-refractivity contribution in [2.75, 3.05) is 6.54 Å². The van der Waals surface area contributed by atoms with Gasteiger partial charge in [-0.3, -0.25) is 4.90 Å². The Kier molecular flexibility index (Phi) is 5.02. The van der Waals surface area contributed by atoms with Gasteiger partial charge in [-0.25, -0.2) is 0 Å². The third-order valence-corrected chi connectivity index (χ3v) is 4.07. The predicted octanol–water partition coefficient (Wildman–Crippen LogP) is 3.48. The Bertz CT molecular complexity index is 163. The normalized spacial score (nSPS) is 34.1. The largest absolute Gasteiger partial charge is 0.295 e. The van der Waals surface area contributed by atoms with Crippen LogP contribution >= 0.6 is 23.2 Å². The van der Waals surface area contributed by atoms with Gasteiger partial charge < -0.3 is 0 Å². The van der Waals surface area contributed by atoms with E-state index < -0.39 is 0 Å². The van der Waals surface area contributed by atoms with Crippen molar-refractivity contribution in [2.45, 2.75) is 62.9 Å². The van der Waals surface area contributed by atoms with Gasteiger partial charge in [0.15, 0.2) is 0 Å². The highest BCUT2D eigenvalue weighted by Gasteiger charge is 2.35. The Morgan fingerprint density at radius 1 is 1.21 bits per heavy atom. The smallest absolute Gasteiger partial charge is 0.0506 e. The van der Waals surface area contributed by atoms with E-state index in [9.17, 15) is 0 Å². The van der Waals surface area contributed by atoms with Gasteiger partial charge in [-0.2, -0.15) is 0 Å². The van der Waals surface area contributed by atoms with E-state index in [-0.39, 0.29) is 10.8 Å². The second-order valence-corrected chi connectivity index (χ2v) is 5.50. The summed E-state index contributed by atoms with van der Waals surface area (Å²) in [5, 5.41) is 0.460. The van der Waals surface area contributed by atoms with Crippen LogP contribution in [0.5, 0.6) is 0 Å². The minimum atomic E-state index is 0.230. The fourth-order valence-corrected chi connectivity index (χ4v) is 3.44. The predicted molar refractivity (Wildman–Crippen MR) is 64.4 cm³/mol. The summed E-state index contributed by atoms with van der Waals surface area (Å²) in [6, 6.07) is 0.891. The SMILES string of the molecule is CCN(C(C)C)C1C(Cl)CCC[C@H]1Cl. The molecule has 1 rings (SSSR count). The Balaban J connectivity index is 2.69. The second kappa shape index (κ2) is 5.58. The quantitative estimate of drug-likeness (QED) is 0.680. The lowest BCUT2D eigenvalue weighted by atomic mass is 9.92. The topological polar surface area (TPSA) is 3.24 Å². The van der Waals surface area contributed by atoms with E-state index in [2.05, 4.69) is 25.7 Å². The van der Waals surface area contributed by atoms with Crippen LogP contribution in [0.2, 0.25) is 0 Å². The molecule has 1 saturated carbocycles. The molecule has 0 heterocycles. The molecule has 0 radical (unpaired) electrons. The maximum Gasteiger partial charge on any atom is 0.0506 e. The van der Waals surface area contributed by atoms with Gasteiger partial charge in [-0.15, -0.1) is 23.2 Å². The molecule has 1 aliphatic rings. The molecule has 0 N–H and O–H groups in total. The van der Waals surface area contributed by atoms with Gasteiger partial charge in [0.2, 0.25) is 0 Å². The molecule has 1 nitrogen and oxygen atoms in total. The van der Waals surface area contributed by atoms with Crippen molar-refractivity contribution in [1.82, 2.24) is 4.90 Å². The van der Waals surface area contributed by atoms with E-state index in [0.717, 1.165) is 19.4 Å². The summed E-state index contributed by atoms with van der Waals surface area (Å²) in [6.45, 7) is 7.65. The zero-order valence-corrected chi connectivity index (χ0v) is 10.9. The van der Waals surface area contributed by atoms with Gasteiger partial charge in [-0.1, -0.05) is 13.3 Å². The monoisotopic (exact) mass is 237 g/mol. The summed E-state index contributed by atoms with van der Waals surface area (Å²) < 4.78 is 0. The van der Waals surface area contributed by atoms with Gasteiger partial charge in [-0.05, 0) is 33.2 Å². The van der Waals surface area contributed by atoms with Crippen LogP contribution in [0.15, 0.2) is 0 Å². The van der Waals surface area contributed by atoms with E-state index in [4.69, 9.17) is 23.2 Å². The van der Waals surface area contributed by atoms with Crippen molar-refractivity contribution in [3.8, 4) is 0 Å². The number of halogens is 2. The summed E-state index contributed by atoms with van der Waals surface area (Å²) in [5.74, 6) is 0. The average Bonchev–Trinajstić information content (AvgIpc) is 2.10. The first-order chi connectivity index (χ1) is 6.57. The fraction of sp³-hybridized carbons (Fsp3) is 1.00. The van der Waals surface area contributed by atoms with Crippen molar-refractivity contribution in [3.63, 3.8) is 0 Å². The van der Waals surface area contributed by atoms with Crippen LogP contribution in [0, 0.1) is 0 Å². The number of hydrogen-bond donors (Lipinski definition) is 0. The first-order valence-corrected chi connectivity index (χ1v) is 6.49. The van der Waals surface area contributed by atoms with E-state index in [0.29, 0.717) is 12.1 Å². The molecule has 1 aliphatic carbocycles. The summed E-state index contributed by atoms with van der Waals surface area (Å²) in [5.41, 5.74) is 0. The first kappa shape index (κ1) is 12.6. The molecule has 84 valence electrons. The van der Waals surface area contributed by atoms with Crippen molar-refractivity contribution in [3.05, 3.63) is 0 Å². The second-order valence-electron chi connectivity index (χ2n) is 4.38. The third kappa shape index (κ3) is 2.77. The highest BCUT2D eigenvalue weighted by atomic mass is 35.5. The average molecular weight is 238 g/mol. The molecule has 0 aliphatic heterocycles. The minimum absolute atomic E-state index is 0.230. The van der Waals surface area contributed by atoms with Gasteiger partial charge >= 0.3 is 0 Å². The molecule has 14 heavy (non-hydrogen) atoms. The van der Waals surface area contributed by atoms with Crippen LogP contribution < -0.4 is 0 Å². The molecule has 3 atom stereocenters. The van der Waals surface area contributed by atoms with Crippen molar-refractivity contribution < 1.29 is 0 Å². The molecule has 1 fully saturated rings. The van der Waals surface area contributed by atoms with Gasteiger partial charge in [0.1, 0.15) is 0 Å². The Morgan fingerprint density at radius 3 is 2.07 bits per heavy atom. The molecular formula is C11H21Cl2N. The molecular weight excluding hydrogens is 217 g/mol. The van der Waals surface area contributed by atoms with Gasteiger partial charge in [0, 0.05) is 12.1 Å². The molecule has 0 spiro atoms. The fourth-order valence-electron chi connectivity index (χ4n) is 2.41. The van der Waals surface area contributed by atoms with Crippen LogP contribution in [-0.4, -0.2) is 34.3 Å².